The highest BCUT2D eigenvalue weighted by Gasteiger charge is 2.26. The fourth-order valence-corrected chi connectivity index (χ4v) is 4.91. The van der Waals surface area contributed by atoms with Gasteiger partial charge in [-0.05, 0) is 41.5 Å². The summed E-state index contributed by atoms with van der Waals surface area (Å²) in [5.74, 6) is 5.51. The van der Waals surface area contributed by atoms with Crippen LogP contribution in [-0.4, -0.2) is 77.9 Å². The molecule has 3 aromatic rings. The van der Waals surface area contributed by atoms with Crippen molar-refractivity contribution in [1.82, 2.24) is 14.9 Å². The molecule has 4 rings (SSSR count). The number of urea groups is 1. The summed E-state index contributed by atoms with van der Waals surface area (Å²) in [6.07, 6.45) is 0.211. The van der Waals surface area contributed by atoms with Crippen molar-refractivity contribution in [3.8, 4) is 17.6 Å². The summed E-state index contributed by atoms with van der Waals surface area (Å²) in [7, 11) is 0. The van der Waals surface area contributed by atoms with Crippen LogP contribution in [0.25, 0.3) is 0 Å². The number of halogens is 1. The highest BCUT2D eigenvalue weighted by Crippen LogP contribution is 2.30. The molecule has 0 spiro atoms. The molecule has 3 aromatic carbocycles. The number of nitrogens with zero attached hydrogens (tertiary/aromatic N) is 3. The lowest BCUT2D eigenvalue weighted by molar-refractivity contribution is -0.0372. The molecule has 1 heterocycles. The summed E-state index contributed by atoms with van der Waals surface area (Å²) in [6.45, 7) is 4.67. The van der Waals surface area contributed by atoms with Crippen LogP contribution in [0.1, 0.15) is 39.5 Å². The third-order valence-corrected chi connectivity index (χ3v) is 7.17. The van der Waals surface area contributed by atoms with E-state index in [1.165, 1.54) is 11.1 Å². The number of benzene rings is 3. The van der Waals surface area contributed by atoms with Crippen LogP contribution in [0, 0.1) is 11.8 Å². The van der Waals surface area contributed by atoms with E-state index in [0.29, 0.717) is 29.5 Å². The van der Waals surface area contributed by atoms with Gasteiger partial charge in [0.15, 0.2) is 0 Å². The zero-order valence-electron chi connectivity index (χ0n) is 22.7. The fraction of sp³-hybridized carbons (Fsp3) is 0.290. The second kappa shape index (κ2) is 14.5. The summed E-state index contributed by atoms with van der Waals surface area (Å²) in [4.78, 5) is 27.7. The molecule has 0 aliphatic carbocycles. The maximum Gasteiger partial charge on any atom is 0.338 e. The summed E-state index contributed by atoms with van der Waals surface area (Å²) < 4.78 is 5.96. The van der Waals surface area contributed by atoms with Crippen LogP contribution in [0.4, 0.5) is 4.79 Å². The van der Waals surface area contributed by atoms with Crippen LogP contribution in [0.5, 0.6) is 5.75 Å². The van der Waals surface area contributed by atoms with Crippen molar-refractivity contribution in [1.29, 1.82) is 0 Å². The molecule has 0 saturated carbocycles. The molecule has 9 nitrogen and oxygen atoms in total. The van der Waals surface area contributed by atoms with Crippen molar-refractivity contribution in [2.45, 2.75) is 12.5 Å². The van der Waals surface area contributed by atoms with Gasteiger partial charge in [0.2, 0.25) is 0 Å². The molecule has 10 heteroatoms. The molecule has 1 aliphatic heterocycles. The lowest BCUT2D eigenvalue weighted by Gasteiger charge is -2.39. The summed E-state index contributed by atoms with van der Waals surface area (Å²) in [5, 5.41) is 10.4. The highest BCUT2D eigenvalue weighted by molar-refractivity contribution is 6.30. The third kappa shape index (κ3) is 8.46. The van der Waals surface area contributed by atoms with Gasteiger partial charge in [0.25, 0.3) is 5.91 Å². The largest absolute Gasteiger partial charge is 0.491 e. The van der Waals surface area contributed by atoms with Gasteiger partial charge >= 0.3 is 6.03 Å². The summed E-state index contributed by atoms with van der Waals surface area (Å²) >= 11 is 6.15. The van der Waals surface area contributed by atoms with Crippen LogP contribution < -0.4 is 16.2 Å². The molecule has 0 bridgehead atoms. The molecular weight excluding hydrogens is 542 g/mol. The van der Waals surface area contributed by atoms with Crippen LogP contribution in [0.3, 0.4) is 0 Å². The Bertz CT molecular complexity index is 1380. The van der Waals surface area contributed by atoms with E-state index in [-0.39, 0.29) is 24.6 Å². The first-order valence-electron chi connectivity index (χ1n) is 13.4. The Hall–Kier alpha value is -4.07. The number of carbonyl (C=O) groups is 2. The van der Waals surface area contributed by atoms with E-state index < -0.39 is 11.9 Å². The minimum Gasteiger partial charge on any atom is -0.491 e. The number of hydrogen-bond donors (Lipinski definition) is 3. The van der Waals surface area contributed by atoms with E-state index in [1.807, 2.05) is 18.2 Å². The first-order chi connectivity index (χ1) is 19.8. The average Bonchev–Trinajstić information content (AvgIpc) is 2.98. The smallest absolute Gasteiger partial charge is 0.338 e. The number of hydrogen-bond acceptors (Lipinski definition) is 6. The second-order valence-electron chi connectivity index (χ2n) is 9.68. The standard InChI is InChI=1S/C31H34ClN5O4/c32-26-12-10-25(11-13-26)29(24-7-2-1-3-8-24)36-18-16-35(17-19-36)20-21-41-28-14-9-23(22-27(28)30(33)38)6-4-5-15-37(40)31(34)39/h1-3,7-14,22,29,40H,5,15-21H2,(H2,33,38)(H2,34,39)/t29-/m1/s1. The maximum atomic E-state index is 12.1. The highest BCUT2D eigenvalue weighted by atomic mass is 35.5. The van der Waals surface area contributed by atoms with Gasteiger partial charge < -0.3 is 16.2 Å². The number of hydroxylamine groups is 2. The predicted octanol–water partition coefficient (Wildman–Crippen LogP) is 3.74. The van der Waals surface area contributed by atoms with Gasteiger partial charge in [-0.15, -0.1) is 0 Å². The Morgan fingerprint density at radius 2 is 1.66 bits per heavy atom. The van der Waals surface area contributed by atoms with E-state index >= 15 is 0 Å². The molecule has 0 unspecified atom stereocenters. The lowest BCUT2D eigenvalue weighted by atomic mass is 9.96. The van der Waals surface area contributed by atoms with Crippen LogP contribution in [0.2, 0.25) is 5.02 Å². The van der Waals surface area contributed by atoms with E-state index in [1.54, 1.807) is 18.2 Å². The second-order valence-corrected chi connectivity index (χ2v) is 10.1. The fourth-order valence-electron chi connectivity index (χ4n) is 4.79. The van der Waals surface area contributed by atoms with Gasteiger partial charge in [0.1, 0.15) is 12.4 Å². The molecule has 0 aromatic heterocycles. The maximum absolute atomic E-state index is 12.1. The summed E-state index contributed by atoms with van der Waals surface area (Å²) in [6, 6.07) is 22.8. The van der Waals surface area contributed by atoms with Crippen molar-refractivity contribution in [3.05, 3.63) is 100 Å². The Morgan fingerprint density at radius 1 is 0.976 bits per heavy atom. The SMILES string of the molecule is NC(=O)c1cc(C#CCCN(O)C(N)=O)ccc1OCCN1CCN([C@H](c2ccccc2)c2ccc(Cl)cc2)CC1. The van der Waals surface area contributed by atoms with Crippen molar-refractivity contribution in [2.75, 3.05) is 45.9 Å². The summed E-state index contributed by atoms with van der Waals surface area (Å²) in [5.41, 5.74) is 13.8. The topological polar surface area (TPSA) is 125 Å². The van der Waals surface area contributed by atoms with Gasteiger partial charge in [0.05, 0.1) is 18.2 Å². The molecule has 1 atom stereocenters. The number of nitrogens with two attached hydrogens (primary N) is 2. The lowest BCUT2D eigenvalue weighted by Crippen LogP contribution is -2.48. The van der Waals surface area contributed by atoms with Gasteiger partial charge in [0, 0.05) is 49.7 Å². The van der Waals surface area contributed by atoms with Crippen molar-refractivity contribution >= 4 is 23.5 Å². The van der Waals surface area contributed by atoms with E-state index in [2.05, 4.69) is 58.0 Å². The first kappa shape index (κ1) is 29.9. The normalized spacial score (nSPS) is 14.5. The zero-order chi connectivity index (χ0) is 29.2. The van der Waals surface area contributed by atoms with Crippen molar-refractivity contribution < 1.29 is 19.5 Å². The van der Waals surface area contributed by atoms with Gasteiger partial charge in [-0.25, -0.2) is 9.86 Å². The van der Waals surface area contributed by atoms with Crippen LogP contribution >= 0.6 is 11.6 Å². The quantitative estimate of drug-likeness (QED) is 0.192. The van der Waals surface area contributed by atoms with Gasteiger partial charge in [-0.1, -0.05) is 65.9 Å². The Labute approximate surface area is 245 Å². The number of piperazine rings is 1. The number of amides is 3. The Balaban J connectivity index is 1.31. The molecule has 214 valence electrons. The Morgan fingerprint density at radius 3 is 2.32 bits per heavy atom. The molecule has 1 saturated heterocycles. The van der Waals surface area contributed by atoms with Crippen molar-refractivity contribution in [3.63, 3.8) is 0 Å². The molecule has 0 radical (unpaired) electrons. The van der Waals surface area contributed by atoms with E-state index in [4.69, 9.17) is 27.8 Å². The number of carbonyl (C=O) groups excluding carboxylic acids is 2. The van der Waals surface area contributed by atoms with Crippen molar-refractivity contribution in [2.24, 2.45) is 11.5 Å². The average molecular weight is 576 g/mol. The van der Waals surface area contributed by atoms with E-state index in [0.717, 1.165) is 31.2 Å². The molecule has 1 fully saturated rings. The molecule has 1 aliphatic rings. The molecule has 3 amide bonds. The van der Waals surface area contributed by atoms with E-state index in [9.17, 15) is 14.8 Å². The first-order valence-corrected chi connectivity index (χ1v) is 13.8. The van der Waals surface area contributed by atoms with Gasteiger partial charge in [-0.2, -0.15) is 0 Å². The van der Waals surface area contributed by atoms with Crippen LogP contribution in [0.15, 0.2) is 72.8 Å². The monoisotopic (exact) mass is 575 g/mol. The van der Waals surface area contributed by atoms with Gasteiger partial charge in [-0.3, -0.25) is 19.8 Å². The number of rotatable bonds is 10. The number of ether oxygens (including phenoxy) is 1. The number of primary amides is 2. The zero-order valence-corrected chi connectivity index (χ0v) is 23.5. The van der Waals surface area contributed by atoms with Crippen LogP contribution in [-0.2, 0) is 0 Å². The minimum atomic E-state index is -0.944. The predicted molar refractivity (Wildman–Crippen MR) is 158 cm³/mol. The molecule has 5 N–H and O–H groups in total. The minimum absolute atomic E-state index is 0.0193. The third-order valence-electron chi connectivity index (χ3n) is 6.92. The Kier molecular flexibility index (Phi) is 10.6. The molecule has 41 heavy (non-hydrogen) atoms. The molecular formula is C31H34ClN5O4.